The molecule has 184 valence electrons. The average molecular weight is 482 g/mol. The summed E-state index contributed by atoms with van der Waals surface area (Å²) in [4.78, 5) is 10.5. The molecule has 35 heavy (non-hydrogen) atoms. The van der Waals surface area contributed by atoms with Crippen molar-refractivity contribution in [3.63, 3.8) is 0 Å². The molecule has 0 saturated carbocycles. The molecule has 0 amide bonds. The fourth-order valence-corrected chi connectivity index (χ4v) is 5.17. The van der Waals surface area contributed by atoms with Crippen LogP contribution in [0, 0.1) is 17.5 Å². The highest BCUT2D eigenvalue weighted by atomic mass is 19.1. The number of nitrogens with one attached hydrogen (secondary N) is 2. The molecule has 1 aromatic heterocycles. The van der Waals surface area contributed by atoms with Crippen LogP contribution in [0.15, 0.2) is 36.5 Å². The largest absolute Gasteiger partial charge is 0.369 e. The van der Waals surface area contributed by atoms with Crippen molar-refractivity contribution in [3.05, 3.63) is 65.1 Å². The van der Waals surface area contributed by atoms with E-state index in [0.29, 0.717) is 28.8 Å². The summed E-state index contributed by atoms with van der Waals surface area (Å²) in [6, 6.07) is 8.33. The first-order chi connectivity index (χ1) is 16.9. The van der Waals surface area contributed by atoms with E-state index in [4.69, 9.17) is 0 Å². The Morgan fingerprint density at radius 3 is 2.57 bits per heavy atom. The molecule has 8 heteroatoms. The van der Waals surface area contributed by atoms with Gasteiger partial charge in [0.2, 0.25) is 5.95 Å². The third kappa shape index (κ3) is 4.85. The summed E-state index contributed by atoms with van der Waals surface area (Å²) in [5.41, 5.74) is 2.97. The van der Waals surface area contributed by atoms with E-state index in [1.807, 2.05) is 0 Å². The Hall–Kier alpha value is -3.13. The van der Waals surface area contributed by atoms with Crippen molar-refractivity contribution in [1.29, 1.82) is 0 Å². The fourth-order valence-electron chi connectivity index (χ4n) is 5.17. The smallest absolute Gasteiger partial charge is 0.227 e. The van der Waals surface area contributed by atoms with Gasteiger partial charge in [-0.15, -0.1) is 0 Å². The summed E-state index contributed by atoms with van der Waals surface area (Å²) < 4.78 is 44.6. The van der Waals surface area contributed by atoms with Gasteiger partial charge in [-0.05, 0) is 88.4 Å². The lowest BCUT2D eigenvalue weighted by atomic mass is 9.90. The molecule has 0 spiro atoms. The van der Waals surface area contributed by atoms with Gasteiger partial charge in [0, 0.05) is 35.1 Å². The number of benzene rings is 2. The minimum atomic E-state index is -0.644. The second kappa shape index (κ2) is 9.85. The Labute approximate surface area is 203 Å². The number of hydrogen-bond acceptors (Lipinski definition) is 5. The first-order valence-electron chi connectivity index (χ1n) is 12.3. The van der Waals surface area contributed by atoms with Crippen LogP contribution >= 0.6 is 0 Å². The molecule has 2 aromatic carbocycles. The highest BCUT2D eigenvalue weighted by Crippen LogP contribution is 2.36. The maximum atomic E-state index is 15.0. The zero-order chi connectivity index (χ0) is 24.5. The SMILES string of the molecule is CC(C)N1CCCc2c(F)cc(-c3nc(Nc4ccc(C5CCNCC5)c(F)c4)ncc3F)cc21. The maximum absolute atomic E-state index is 15.0. The van der Waals surface area contributed by atoms with Gasteiger partial charge in [0.1, 0.15) is 17.3 Å². The predicted octanol–water partition coefficient (Wildman–Crippen LogP) is 5.93. The number of fused-ring (bicyclic) bond motifs is 1. The molecule has 1 fully saturated rings. The molecule has 0 atom stereocenters. The molecular formula is C27H30F3N5. The minimum absolute atomic E-state index is 0.00489. The van der Waals surface area contributed by atoms with Crippen molar-refractivity contribution in [1.82, 2.24) is 15.3 Å². The highest BCUT2D eigenvalue weighted by Gasteiger charge is 2.24. The van der Waals surface area contributed by atoms with Crippen molar-refractivity contribution < 1.29 is 13.2 Å². The topological polar surface area (TPSA) is 53.1 Å². The summed E-state index contributed by atoms with van der Waals surface area (Å²) in [6.07, 6.45) is 4.40. The van der Waals surface area contributed by atoms with Gasteiger partial charge >= 0.3 is 0 Å². The van der Waals surface area contributed by atoms with Crippen LogP contribution in [-0.4, -0.2) is 35.6 Å². The monoisotopic (exact) mass is 481 g/mol. The zero-order valence-electron chi connectivity index (χ0n) is 20.0. The lowest BCUT2D eigenvalue weighted by molar-refractivity contribution is 0.445. The molecule has 0 unspecified atom stereocenters. The van der Waals surface area contributed by atoms with Crippen molar-refractivity contribution in [3.8, 4) is 11.3 Å². The summed E-state index contributed by atoms with van der Waals surface area (Å²) in [7, 11) is 0. The predicted molar refractivity (Wildman–Crippen MR) is 133 cm³/mol. The van der Waals surface area contributed by atoms with Crippen LogP contribution in [-0.2, 0) is 6.42 Å². The molecule has 2 N–H and O–H groups in total. The number of rotatable bonds is 5. The lowest BCUT2D eigenvalue weighted by Crippen LogP contribution is -2.35. The summed E-state index contributed by atoms with van der Waals surface area (Å²) >= 11 is 0. The van der Waals surface area contributed by atoms with E-state index in [0.717, 1.165) is 50.8 Å². The first kappa shape index (κ1) is 23.6. The first-order valence-corrected chi connectivity index (χ1v) is 12.3. The fraction of sp³-hybridized carbons (Fsp3) is 0.407. The van der Waals surface area contributed by atoms with Gasteiger partial charge in [0.05, 0.1) is 6.20 Å². The third-order valence-electron chi connectivity index (χ3n) is 6.98. The maximum Gasteiger partial charge on any atom is 0.227 e. The van der Waals surface area contributed by atoms with Crippen LogP contribution in [0.4, 0.5) is 30.5 Å². The van der Waals surface area contributed by atoms with Crippen molar-refractivity contribution in [2.45, 2.75) is 51.5 Å². The quantitative estimate of drug-likeness (QED) is 0.473. The average Bonchev–Trinajstić information content (AvgIpc) is 2.85. The van der Waals surface area contributed by atoms with E-state index in [1.165, 1.54) is 12.1 Å². The molecular weight excluding hydrogens is 451 g/mol. The Balaban J connectivity index is 1.43. The van der Waals surface area contributed by atoms with Crippen LogP contribution in [0.25, 0.3) is 11.3 Å². The Morgan fingerprint density at radius 1 is 1.03 bits per heavy atom. The van der Waals surface area contributed by atoms with Gasteiger partial charge < -0.3 is 15.5 Å². The van der Waals surface area contributed by atoms with Crippen LogP contribution in [0.2, 0.25) is 0 Å². The number of anilines is 3. The minimum Gasteiger partial charge on any atom is -0.369 e. The van der Waals surface area contributed by atoms with E-state index in [-0.39, 0.29) is 35.2 Å². The van der Waals surface area contributed by atoms with Crippen LogP contribution in [0.3, 0.4) is 0 Å². The van der Waals surface area contributed by atoms with Crippen LogP contribution in [0.1, 0.15) is 50.2 Å². The molecule has 2 aliphatic heterocycles. The highest BCUT2D eigenvalue weighted by molar-refractivity contribution is 5.71. The van der Waals surface area contributed by atoms with Gasteiger partial charge in [-0.1, -0.05) is 6.07 Å². The molecule has 0 radical (unpaired) electrons. The molecule has 1 saturated heterocycles. The van der Waals surface area contributed by atoms with Gasteiger partial charge in [-0.3, -0.25) is 0 Å². The number of hydrogen-bond donors (Lipinski definition) is 2. The van der Waals surface area contributed by atoms with Gasteiger partial charge in [0.25, 0.3) is 0 Å². The molecule has 2 aliphatic rings. The Morgan fingerprint density at radius 2 is 1.83 bits per heavy atom. The van der Waals surface area contributed by atoms with Gasteiger partial charge in [-0.2, -0.15) is 0 Å². The van der Waals surface area contributed by atoms with Crippen LogP contribution in [0.5, 0.6) is 0 Å². The molecule has 0 bridgehead atoms. The second-order valence-corrected chi connectivity index (χ2v) is 9.62. The molecule has 0 aliphatic carbocycles. The lowest BCUT2D eigenvalue weighted by Gasteiger charge is -2.35. The number of halogens is 3. The van der Waals surface area contributed by atoms with E-state index < -0.39 is 5.82 Å². The van der Waals surface area contributed by atoms with Crippen molar-refractivity contribution in [2.75, 3.05) is 29.9 Å². The van der Waals surface area contributed by atoms with E-state index in [1.54, 1.807) is 18.2 Å². The molecule has 3 heterocycles. The number of nitrogens with zero attached hydrogens (tertiary/aromatic N) is 3. The third-order valence-corrected chi connectivity index (χ3v) is 6.98. The van der Waals surface area contributed by atoms with Crippen LogP contribution < -0.4 is 15.5 Å². The van der Waals surface area contributed by atoms with Crippen molar-refractivity contribution in [2.24, 2.45) is 0 Å². The second-order valence-electron chi connectivity index (χ2n) is 9.62. The normalized spacial score (nSPS) is 16.5. The standard InChI is InChI=1S/C27H30F3N5/c1-16(2)35-11-3-4-21-22(28)12-18(13-25(21)35)26-24(30)15-32-27(34-26)33-19-5-6-20(23(29)14-19)17-7-9-31-10-8-17/h5-6,12-17,31H,3-4,7-11H2,1-2H3,(H,32,33,34). The Bertz CT molecular complexity index is 1220. The van der Waals surface area contributed by atoms with Gasteiger partial charge in [0.15, 0.2) is 5.82 Å². The summed E-state index contributed by atoms with van der Waals surface area (Å²) in [6.45, 7) is 6.71. The summed E-state index contributed by atoms with van der Waals surface area (Å²) in [5, 5.41) is 6.26. The molecule has 5 nitrogen and oxygen atoms in total. The van der Waals surface area contributed by atoms with E-state index in [2.05, 4.69) is 39.3 Å². The zero-order valence-corrected chi connectivity index (χ0v) is 20.0. The Kier molecular flexibility index (Phi) is 6.65. The summed E-state index contributed by atoms with van der Waals surface area (Å²) in [5.74, 6) is -0.965. The van der Waals surface area contributed by atoms with E-state index in [9.17, 15) is 8.78 Å². The van der Waals surface area contributed by atoms with Crippen molar-refractivity contribution >= 4 is 17.3 Å². The van der Waals surface area contributed by atoms with E-state index >= 15 is 4.39 Å². The number of piperidine rings is 1. The molecule has 3 aromatic rings. The molecule has 5 rings (SSSR count). The number of aromatic nitrogens is 2. The van der Waals surface area contributed by atoms with Gasteiger partial charge in [-0.25, -0.2) is 23.1 Å².